The van der Waals surface area contributed by atoms with Gasteiger partial charge in [0.15, 0.2) is 0 Å². The smallest absolute Gasteiger partial charge is 0.338 e. The summed E-state index contributed by atoms with van der Waals surface area (Å²) in [6.07, 6.45) is 4.63. The molecule has 22 heavy (non-hydrogen) atoms. The van der Waals surface area contributed by atoms with Crippen LogP contribution in [0.2, 0.25) is 0 Å². The van der Waals surface area contributed by atoms with Crippen LogP contribution in [0.4, 0.5) is 4.39 Å². The molecule has 0 heterocycles. The van der Waals surface area contributed by atoms with Crippen LogP contribution in [0.1, 0.15) is 49.9 Å². The number of carbonyl (C=O) groups excluding carboxylic acids is 1. The highest BCUT2D eigenvalue weighted by Gasteiger charge is 2.09. The molecule has 0 unspecified atom stereocenters. The number of hydrogen-bond acceptors (Lipinski definition) is 3. The van der Waals surface area contributed by atoms with Crippen LogP contribution in [0.15, 0.2) is 24.3 Å². The normalized spacial score (nSPS) is 10.4. The summed E-state index contributed by atoms with van der Waals surface area (Å²) >= 11 is 0. The van der Waals surface area contributed by atoms with Gasteiger partial charge in [-0.1, -0.05) is 32.8 Å². The molecule has 1 aromatic rings. The number of carbonyl (C=O) groups is 1. The molecule has 0 atom stereocenters. The highest BCUT2D eigenvalue weighted by atomic mass is 35.5. The number of unbranched alkanes of at least 4 members (excludes halogenated alkanes) is 2. The average Bonchev–Trinajstić information content (AvgIpc) is 2.49. The number of rotatable bonds is 10. The third-order valence-corrected chi connectivity index (χ3v) is 3.36. The first kappa shape index (κ1) is 20.9. The molecule has 0 saturated heterocycles. The summed E-state index contributed by atoms with van der Waals surface area (Å²) in [4.78, 5) is 14.1. The van der Waals surface area contributed by atoms with E-state index in [2.05, 4.69) is 18.7 Å². The first-order chi connectivity index (χ1) is 10.2. The van der Waals surface area contributed by atoms with E-state index in [0.717, 1.165) is 45.3 Å². The topological polar surface area (TPSA) is 29.5 Å². The van der Waals surface area contributed by atoms with E-state index >= 15 is 0 Å². The van der Waals surface area contributed by atoms with Crippen LogP contribution in [-0.4, -0.2) is 37.1 Å². The number of halogens is 2. The summed E-state index contributed by atoms with van der Waals surface area (Å²) in [5, 5.41) is 0. The van der Waals surface area contributed by atoms with E-state index in [-0.39, 0.29) is 18.0 Å². The maximum Gasteiger partial charge on any atom is 0.338 e. The van der Waals surface area contributed by atoms with Gasteiger partial charge < -0.3 is 4.74 Å². The molecule has 0 saturated carbocycles. The van der Waals surface area contributed by atoms with E-state index in [9.17, 15) is 9.18 Å². The van der Waals surface area contributed by atoms with Crippen molar-refractivity contribution in [2.45, 2.75) is 39.5 Å². The van der Waals surface area contributed by atoms with Gasteiger partial charge in [0.05, 0.1) is 5.56 Å². The fourth-order valence-corrected chi connectivity index (χ4v) is 2.07. The van der Waals surface area contributed by atoms with Crippen molar-refractivity contribution in [3.63, 3.8) is 0 Å². The summed E-state index contributed by atoms with van der Waals surface area (Å²) in [5.74, 6) is -0.877. The molecule has 0 aliphatic carbocycles. The number of ether oxygens (including phenoxy) is 1. The third kappa shape index (κ3) is 8.35. The SMILES string of the molecule is CCCCN(CCCC)CCOC(=O)c1cccc(F)c1.Cl. The molecule has 1 aromatic carbocycles. The first-order valence-electron chi connectivity index (χ1n) is 7.82. The lowest BCUT2D eigenvalue weighted by Gasteiger charge is -2.21. The van der Waals surface area contributed by atoms with Crippen molar-refractivity contribution in [1.82, 2.24) is 4.90 Å². The molecule has 0 radical (unpaired) electrons. The van der Waals surface area contributed by atoms with Crippen LogP contribution in [0.3, 0.4) is 0 Å². The number of nitrogens with zero attached hydrogens (tertiary/aromatic N) is 1. The van der Waals surface area contributed by atoms with Crippen LogP contribution in [-0.2, 0) is 4.74 Å². The van der Waals surface area contributed by atoms with Crippen molar-refractivity contribution in [3.8, 4) is 0 Å². The second-order valence-corrected chi connectivity index (χ2v) is 5.20. The number of hydrogen-bond donors (Lipinski definition) is 0. The Morgan fingerprint density at radius 3 is 2.32 bits per heavy atom. The van der Waals surface area contributed by atoms with Gasteiger partial charge >= 0.3 is 5.97 Å². The van der Waals surface area contributed by atoms with Crippen LogP contribution in [0.5, 0.6) is 0 Å². The molecule has 0 spiro atoms. The van der Waals surface area contributed by atoms with Crippen molar-refractivity contribution < 1.29 is 13.9 Å². The molecular formula is C17H27ClFNO2. The predicted octanol–water partition coefficient (Wildman–Crippen LogP) is 4.31. The summed E-state index contributed by atoms with van der Waals surface area (Å²) in [6.45, 7) is 7.50. The molecule has 3 nitrogen and oxygen atoms in total. The fourth-order valence-electron chi connectivity index (χ4n) is 2.07. The van der Waals surface area contributed by atoms with E-state index < -0.39 is 11.8 Å². The zero-order valence-electron chi connectivity index (χ0n) is 13.5. The Morgan fingerprint density at radius 1 is 1.14 bits per heavy atom. The van der Waals surface area contributed by atoms with Crippen LogP contribution in [0.25, 0.3) is 0 Å². The second-order valence-electron chi connectivity index (χ2n) is 5.20. The Hall–Kier alpha value is -1.13. The zero-order chi connectivity index (χ0) is 15.5. The van der Waals surface area contributed by atoms with Gasteiger partial charge in [0.1, 0.15) is 12.4 Å². The van der Waals surface area contributed by atoms with Crippen molar-refractivity contribution in [3.05, 3.63) is 35.6 Å². The Bertz CT molecular complexity index is 421. The van der Waals surface area contributed by atoms with Crippen molar-refractivity contribution in [2.75, 3.05) is 26.2 Å². The van der Waals surface area contributed by atoms with Gasteiger partial charge in [-0.05, 0) is 44.1 Å². The van der Waals surface area contributed by atoms with Gasteiger partial charge in [-0.2, -0.15) is 0 Å². The predicted molar refractivity (Wildman–Crippen MR) is 90.2 cm³/mol. The Labute approximate surface area is 139 Å². The molecule has 0 amide bonds. The lowest BCUT2D eigenvalue weighted by atomic mass is 10.2. The van der Waals surface area contributed by atoms with E-state index in [4.69, 9.17) is 4.74 Å². The Balaban J connectivity index is 0.00000441. The Kier molecular flexibility index (Phi) is 11.8. The van der Waals surface area contributed by atoms with Crippen LogP contribution >= 0.6 is 12.4 Å². The lowest BCUT2D eigenvalue weighted by molar-refractivity contribution is 0.0459. The van der Waals surface area contributed by atoms with Gasteiger partial charge in [-0.3, -0.25) is 4.90 Å². The maximum absolute atomic E-state index is 13.0. The lowest BCUT2D eigenvalue weighted by Crippen LogP contribution is -2.30. The standard InChI is InChI=1S/C17H26FNO2.ClH/c1-3-5-10-19(11-6-4-2)12-13-21-17(20)15-8-7-9-16(18)14-15;/h7-9,14H,3-6,10-13H2,1-2H3;1H. The first-order valence-corrected chi connectivity index (χ1v) is 7.82. The molecule has 1 rings (SSSR count). The largest absolute Gasteiger partial charge is 0.461 e. The average molecular weight is 332 g/mol. The second kappa shape index (κ2) is 12.4. The molecule has 126 valence electrons. The Morgan fingerprint density at radius 2 is 1.77 bits per heavy atom. The summed E-state index contributed by atoms with van der Waals surface area (Å²) in [7, 11) is 0. The molecule has 0 N–H and O–H groups in total. The minimum Gasteiger partial charge on any atom is -0.461 e. The third-order valence-electron chi connectivity index (χ3n) is 3.36. The van der Waals surface area contributed by atoms with Crippen LogP contribution < -0.4 is 0 Å². The van der Waals surface area contributed by atoms with Gasteiger partial charge in [0.2, 0.25) is 0 Å². The molecule has 0 fully saturated rings. The minimum atomic E-state index is -0.458. The highest BCUT2D eigenvalue weighted by molar-refractivity contribution is 5.89. The fraction of sp³-hybridized carbons (Fsp3) is 0.588. The number of benzene rings is 1. The van der Waals surface area contributed by atoms with E-state index in [1.807, 2.05) is 0 Å². The van der Waals surface area contributed by atoms with E-state index in [1.165, 1.54) is 18.2 Å². The molecule has 0 aliphatic heterocycles. The maximum atomic E-state index is 13.0. The minimum absolute atomic E-state index is 0. The molecular weight excluding hydrogens is 305 g/mol. The van der Waals surface area contributed by atoms with E-state index in [1.54, 1.807) is 6.07 Å². The monoisotopic (exact) mass is 331 g/mol. The van der Waals surface area contributed by atoms with Gasteiger partial charge in [-0.15, -0.1) is 12.4 Å². The zero-order valence-corrected chi connectivity index (χ0v) is 14.3. The van der Waals surface area contributed by atoms with Gasteiger partial charge in [-0.25, -0.2) is 9.18 Å². The summed E-state index contributed by atoms with van der Waals surface area (Å²) in [5.41, 5.74) is 0.267. The van der Waals surface area contributed by atoms with Gasteiger partial charge in [0.25, 0.3) is 0 Å². The van der Waals surface area contributed by atoms with Crippen LogP contribution in [0, 0.1) is 5.82 Å². The molecule has 0 aliphatic rings. The quantitative estimate of drug-likeness (QED) is 0.598. The molecule has 0 bridgehead atoms. The van der Waals surface area contributed by atoms with Crippen molar-refractivity contribution in [2.24, 2.45) is 0 Å². The highest BCUT2D eigenvalue weighted by Crippen LogP contribution is 2.06. The number of esters is 1. The summed E-state index contributed by atoms with van der Waals surface area (Å²) < 4.78 is 18.3. The van der Waals surface area contributed by atoms with Crippen molar-refractivity contribution in [1.29, 1.82) is 0 Å². The molecule has 0 aromatic heterocycles. The van der Waals surface area contributed by atoms with Gasteiger partial charge in [0, 0.05) is 6.54 Å². The van der Waals surface area contributed by atoms with E-state index in [0.29, 0.717) is 6.61 Å². The summed E-state index contributed by atoms with van der Waals surface area (Å²) in [6, 6.07) is 5.60. The molecule has 5 heteroatoms. The van der Waals surface area contributed by atoms with Crippen molar-refractivity contribution >= 4 is 18.4 Å².